The lowest BCUT2D eigenvalue weighted by molar-refractivity contribution is 0.139. The molecule has 9 heteroatoms. The number of aryl methyl sites for hydroxylation is 2. The Hall–Kier alpha value is -4.03. The Morgan fingerprint density at radius 3 is 2.66 bits per heavy atom. The highest BCUT2D eigenvalue weighted by molar-refractivity contribution is 5.97. The first-order valence-corrected chi connectivity index (χ1v) is 13.0. The Labute approximate surface area is 220 Å². The summed E-state index contributed by atoms with van der Waals surface area (Å²) in [6.45, 7) is 4.56. The number of hydrogen-bond acceptors (Lipinski definition) is 8. The molecule has 196 valence electrons. The van der Waals surface area contributed by atoms with Crippen LogP contribution in [0, 0.1) is 18.3 Å². The van der Waals surface area contributed by atoms with Crippen molar-refractivity contribution < 1.29 is 18.6 Å². The van der Waals surface area contributed by atoms with Crippen molar-refractivity contribution in [2.45, 2.75) is 38.2 Å². The number of hydrogen-bond donors (Lipinski definition) is 0. The van der Waals surface area contributed by atoms with Gasteiger partial charge in [-0.2, -0.15) is 5.26 Å². The van der Waals surface area contributed by atoms with Gasteiger partial charge in [-0.05, 0) is 43.5 Å². The van der Waals surface area contributed by atoms with Gasteiger partial charge < -0.3 is 28.1 Å². The number of rotatable bonds is 5. The molecule has 2 fully saturated rings. The third-order valence-corrected chi connectivity index (χ3v) is 7.67. The number of nitrogens with zero attached hydrogens (tertiary/aromatic N) is 4. The molecule has 2 aliphatic heterocycles. The average Bonchev–Trinajstić information content (AvgIpc) is 3.60. The number of nitriles is 1. The minimum Gasteiger partial charge on any atom is -0.493 e. The predicted octanol–water partition coefficient (Wildman–Crippen LogP) is 4.42. The van der Waals surface area contributed by atoms with Crippen LogP contribution in [0.1, 0.15) is 42.2 Å². The lowest BCUT2D eigenvalue weighted by Gasteiger charge is -2.34. The second-order valence-corrected chi connectivity index (χ2v) is 10.1. The fourth-order valence-electron chi connectivity index (χ4n) is 5.58. The van der Waals surface area contributed by atoms with Gasteiger partial charge in [0.2, 0.25) is 0 Å². The number of methoxy groups -OCH3 is 1. The van der Waals surface area contributed by atoms with Crippen LogP contribution in [0.2, 0.25) is 0 Å². The van der Waals surface area contributed by atoms with E-state index in [0.29, 0.717) is 49.0 Å². The molecule has 0 unspecified atom stereocenters. The van der Waals surface area contributed by atoms with E-state index in [0.717, 1.165) is 47.2 Å². The van der Waals surface area contributed by atoms with Gasteiger partial charge in [-0.15, -0.1) is 0 Å². The van der Waals surface area contributed by atoms with Gasteiger partial charge in [0.05, 0.1) is 31.5 Å². The number of anilines is 1. The molecule has 1 atom stereocenters. The van der Waals surface area contributed by atoms with Crippen LogP contribution in [0.3, 0.4) is 0 Å². The summed E-state index contributed by atoms with van der Waals surface area (Å²) in [6.07, 6.45) is 2.33. The zero-order valence-electron chi connectivity index (χ0n) is 21.8. The smallest absolute Gasteiger partial charge is 0.270 e. The fraction of sp³-hybridized carbons (Fsp3) is 0.414. The quantitative estimate of drug-likeness (QED) is 0.386. The standard InChI is InChI=1S/C29H30N4O5/c1-17-4-5-24-22(12-17)31-28(38-24)18-6-9-33(10-7-18)27-20-13-25(35-3)26(37-19-8-11-36-16-19)14-23(20)32(2)29(34)21(27)15-30/h4-5,12-14,18-19H,6-11,16H2,1-3H3/t19-/m0/s1. The summed E-state index contributed by atoms with van der Waals surface area (Å²) < 4.78 is 24.9. The average molecular weight is 515 g/mol. The Morgan fingerprint density at radius 1 is 1.13 bits per heavy atom. The number of aromatic nitrogens is 2. The zero-order chi connectivity index (χ0) is 26.4. The number of fused-ring (bicyclic) bond motifs is 2. The van der Waals surface area contributed by atoms with Gasteiger partial charge in [-0.25, -0.2) is 4.98 Å². The van der Waals surface area contributed by atoms with Crippen molar-refractivity contribution in [2.75, 3.05) is 38.3 Å². The van der Waals surface area contributed by atoms with E-state index in [4.69, 9.17) is 23.6 Å². The summed E-state index contributed by atoms with van der Waals surface area (Å²) >= 11 is 0. The molecule has 6 rings (SSSR count). The van der Waals surface area contributed by atoms with E-state index in [-0.39, 0.29) is 23.1 Å². The molecular formula is C29H30N4O5. The van der Waals surface area contributed by atoms with Gasteiger partial charge in [0, 0.05) is 43.9 Å². The topological polar surface area (TPSA) is 103 Å². The van der Waals surface area contributed by atoms with Gasteiger partial charge in [0.1, 0.15) is 23.3 Å². The molecule has 0 spiro atoms. The molecular weight excluding hydrogens is 484 g/mol. The Kier molecular flexibility index (Phi) is 6.20. The van der Waals surface area contributed by atoms with E-state index in [9.17, 15) is 10.1 Å². The number of ether oxygens (including phenoxy) is 3. The highest BCUT2D eigenvalue weighted by Crippen LogP contribution is 2.40. The summed E-state index contributed by atoms with van der Waals surface area (Å²) in [5.74, 6) is 2.04. The van der Waals surface area contributed by atoms with Crippen molar-refractivity contribution in [2.24, 2.45) is 7.05 Å². The van der Waals surface area contributed by atoms with Gasteiger partial charge >= 0.3 is 0 Å². The number of benzene rings is 2. The molecule has 4 aromatic rings. The van der Waals surface area contributed by atoms with Gasteiger partial charge in [0.15, 0.2) is 23.0 Å². The largest absolute Gasteiger partial charge is 0.493 e. The van der Waals surface area contributed by atoms with Crippen molar-refractivity contribution in [3.8, 4) is 17.6 Å². The van der Waals surface area contributed by atoms with Crippen LogP contribution in [-0.4, -0.2) is 49.1 Å². The normalized spacial score (nSPS) is 18.3. The van der Waals surface area contributed by atoms with Crippen molar-refractivity contribution in [1.82, 2.24) is 9.55 Å². The van der Waals surface area contributed by atoms with Gasteiger partial charge in [-0.1, -0.05) is 6.07 Å². The van der Waals surface area contributed by atoms with Crippen LogP contribution in [0.4, 0.5) is 5.69 Å². The SMILES string of the molecule is COc1cc2c(N3CCC(c4nc5cc(C)ccc5o4)CC3)c(C#N)c(=O)n(C)c2cc1O[C@H]1CCOC1. The zero-order valence-corrected chi connectivity index (χ0v) is 21.8. The molecule has 2 saturated heterocycles. The molecule has 0 saturated carbocycles. The molecule has 0 radical (unpaired) electrons. The highest BCUT2D eigenvalue weighted by Gasteiger charge is 2.29. The van der Waals surface area contributed by atoms with E-state index in [2.05, 4.69) is 11.0 Å². The number of piperidine rings is 1. The van der Waals surface area contributed by atoms with Gasteiger partial charge in [-0.3, -0.25) is 4.79 Å². The fourth-order valence-corrected chi connectivity index (χ4v) is 5.58. The van der Waals surface area contributed by atoms with E-state index in [1.165, 1.54) is 4.57 Å². The van der Waals surface area contributed by atoms with Crippen LogP contribution < -0.4 is 19.9 Å². The maximum absolute atomic E-state index is 13.3. The minimum absolute atomic E-state index is 0.0639. The lowest BCUT2D eigenvalue weighted by Crippen LogP contribution is -2.36. The summed E-state index contributed by atoms with van der Waals surface area (Å²) in [5.41, 5.74) is 3.96. The van der Waals surface area contributed by atoms with Crippen molar-refractivity contribution in [3.63, 3.8) is 0 Å². The predicted molar refractivity (Wildman–Crippen MR) is 143 cm³/mol. The van der Waals surface area contributed by atoms with Crippen LogP contribution in [0.15, 0.2) is 39.5 Å². The second-order valence-electron chi connectivity index (χ2n) is 10.1. The first kappa shape index (κ1) is 24.3. The molecule has 9 nitrogen and oxygen atoms in total. The lowest BCUT2D eigenvalue weighted by atomic mass is 9.95. The number of oxazole rings is 1. The van der Waals surface area contributed by atoms with Crippen molar-refractivity contribution in [3.05, 3.63) is 57.7 Å². The maximum Gasteiger partial charge on any atom is 0.270 e. The van der Waals surface area contributed by atoms with Crippen LogP contribution in [0.5, 0.6) is 11.5 Å². The van der Waals surface area contributed by atoms with Crippen LogP contribution in [-0.2, 0) is 11.8 Å². The van der Waals surface area contributed by atoms with Gasteiger partial charge in [0.25, 0.3) is 5.56 Å². The van der Waals surface area contributed by atoms with Crippen molar-refractivity contribution >= 4 is 27.7 Å². The monoisotopic (exact) mass is 514 g/mol. The molecule has 0 bridgehead atoms. The van der Waals surface area contributed by atoms with E-state index in [1.54, 1.807) is 14.2 Å². The van der Waals surface area contributed by atoms with E-state index >= 15 is 0 Å². The highest BCUT2D eigenvalue weighted by atomic mass is 16.6. The summed E-state index contributed by atoms with van der Waals surface area (Å²) in [4.78, 5) is 20.2. The summed E-state index contributed by atoms with van der Waals surface area (Å²) in [7, 11) is 3.28. The van der Waals surface area contributed by atoms with Crippen LogP contribution >= 0.6 is 0 Å². The van der Waals surface area contributed by atoms with E-state index < -0.39 is 0 Å². The Morgan fingerprint density at radius 2 is 1.95 bits per heavy atom. The van der Waals surface area contributed by atoms with Crippen LogP contribution in [0.25, 0.3) is 22.0 Å². The number of pyridine rings is 1. The molecule has 2 aliphatic rings. The molecule has 2 aromatic heterocycles. The molecule has 38 heavy (non-hydrogen) atoms. The molecule has 4 heterocycles. The summed E-state index contributed by atoms with van der Waals surface area (Å²) in [6, 6.07) is 11.9. The molecule has 0 N–H and O–H groups in total. The second kappa shape index (κ2) is 9.69. The maximum atomic E-state index is 13.3. The van der Waals surface area contributed by atoms with Crippen molar-refractivity contribution in [1.29, 1.82) is 5.26 Å². The molecule has 0 aliphatic carbocycles. The Balaban J connectivity index is 1.36. The third kappa shape index (κ3) is 4.15. The third-order valence-electron chi connectivity index (χ3n) is 7.67. The molecule has 0 amide bonds. The van der Waals surface area contributed by atoms with E-state index in [1.807, 2.05) is 37.3 Å². The molecule has 2 aromatic carbocycles. The minimum atomic E-state index is -0.327. The summed E-state index contributed by atoms with van der Waals surface area (Å²) in [5, 5.41) is 10.8. The Bertz CT molecular complexity index is 1620. The first-order chi connectivity index (χ1) is 18.5. The first-order valence-electron chi connectivity index (χ1n) is 13.0.